The van der Waals surface area contributed by atoms with Crippen LogP contribution in [0.4, 0.5) is 5.95 Å². The van der Waals surface area contributed by atoms with E-state index in [0.717, 1.165) is 15.9 Å². The lowest BCUT2D eigenvalue weighted by Crippen LogP contribution is -1.85. The van der Waals surface area contributed by atoms with Crippen molar-refractivity contribution in [2.75, 3.05) is 5.73 Å². The highest BCUT2D eigenvalue weighted by Gasteiger charge is 2.12. The van der Waals surface area contributed by atoms with Crippen LogP contribution in [-0.2, 0) is 0 Å². The van der Waals surface area contributed by atoms with E-state index in [9.17, 15) is 0 Å². The Bertz CT molecular complexity index is 656. The van der Waals surface area contributed by atoms with E-state index in [-0.39, 0.29) is 0 Å². The normalized spacial score (nSPS) is 11.1. The van der Waals surface area contributed by atoms with Crippen LogP contribution in [0.15, 0.2) is 34.2 Å². The maximum Gasteiger partial charge on any atom is 0.198 e. The lowest BCUT2D eigenvalue weighted by atomic mass is 10.1. The van der Waals surface area contributed by atoms with Gasteiger partial charge in [-0.1, -0.05) is 18.2 Å². The fourth-order valence-corrected chi connectivity index (χ4v) is 3.16. The molecule has 2 heterocycles. The topological polar surface area (TPSA) is 54.7 Å². The molecule has 0 aliphatic rings. The summed E-state index contributed by atoms with van der Waals surface area (Å²) in [5.41, 5.74) is 7.62. The van der Waals surface area contributed by atoms with Crippen molar-refractivity contribution in [1.82, 2.24) is 9.97 Å². The average Bonchev–Trinajstić information content (AvgIpc) is 2.81. The van der Waals surface area contributed by atoms with Gasteiger partial charge in [-0.3, -0.25) is 0 Å². The first-order valence-electron chi connectivity index (χ1n) is 4.73. The highest BCUT2D eigenvalue weighted by molar-refractivity contribution is 9.10. The summed E-state index contributed by atoms with van der Waals surface area (Å²) < 4.78 is 2.08. The summed E-state index contributed by atoms with van der Waals surface area (Å²) in [5, 5.41) is 3.31. The molecule has 0 saturated heterocycles. The summed E-state index contributed by atoms with van der Waals surface area (Å²) in [6, 6.07) is 8.27. The maximum absolute atomic E-state index is 5.64. The van der Waals surface area contributed by atoms with E-state index in [0.29, 0.717) is 5.95 Å². The first-order valence-corrected chi connectivity index (χ1v) is 6.40. The summed E-state index contributed by atoms with van der Waals surface area (Å²) in [6.07, 6.45) is 0. The number of imidazole rings is 1. The van der Waals surface area contributed by atoms with Crippen molar-refractivity contribution in [2.24, 2.45) is 0 Å². The quantitative estimate of drug-likeness (QED) is 0.720. The fraction of sp³-hybridized carbons (Fsp3) is 0. The minimum Gasteiger partial charge on any atom is -0.369 e. The van der Waals surface area contributed by atoms with Gasteiger partial charge in [-0.25, -0.2) is 4.98 Å². The van der Waals surface area contributed by atoms with Crippen LogP contribution >= 0.6 is 27.3 Å². The minimum absolute atomic E-state index is 0.428. The third-order valence-electron chi connectivity index (χ3n) is 2.41. The number of thiophene rings is 1. The molecule has 16 heavy (non-hydrogen) atoms. The van der Waals surface area contributed by atoms with Gasteiger partial charge in [0.25, 0.3) is 0 Å². The largest absolute Gasteiger partial charge is 0.369 e. The molecule has 0 atom stereocenters. The number of nitrogens with zero attached hydrogens (tertiary/aromatic N) is 1. The van der Waals surface area contributed by atoms with Gasteiger partial charge in [0, 0.05) is 21.0 Å². The monoisotopic (exact) mass is 293 g/mol. The van der Waals surface area contributed by atoms with Crippen molar-refractivity contribution in [3.8, 4) is 11.3 Å². The van der Waals surface area contributed by atoms with E-state index < -0.39 is 0 Å². The van der Waals surface area contributed by atoms with Gasteiger partial charge in [-0.05, 0) is 22.0 Å². The molecule has 0 amide bonds. The number of benzene rings is 1. The zero-order valence-electron chi connectivity index (χ0n) is 8.20. The summed E-state index contributed by atoms with van der Waals surface area (Å²) in [5.74, 6) is 0.428. The number of nitrogens with one attached hydrogen (secondary N) is 1. The van der Waals surface area contributed by atoms with Crippen LogP contribution in [0.5, 0.6) is 0 Å². The standard InChI is InChI=1S/C11H8BrN3S/c12-10-9(14-11(13)15-10)7-5-16-8-4-2-1-3-6(7)8/h1-5H,(H3,13,14,15). The number of hydrogen-bond donors (Lipinski definition) is 2. The molecule has 1 aromatic carbocycles. The van der Waals surface area contributed by atoms with Gasteiger partial charge in [0.15, 0.2) is 5.95 Å². The molecule has 0 aliphatic carbocycles. The fourth-order valence-electron chi connectivity index (χ4n) is 1.71. The van der Waals surface area contributed by atoms with Gasteiger partial charge in [0.1, 0.15) is 10.3 Å². The Balaban J connectivity index is 2.30. The number of aromatic amines is 1. The summed E-state index contributed by atoms with van der Waals surface area (Å²) in [7, 11) is 0. The van der Waals surface area contributed by atoms with E-state index in [4.69, 9.17) is 5.73 Å². The Kier molecular flexibility index (Phi) is 2.22. The van der Waals surface area contributed by atoms with Crippen molar-refractivity contribution in [1.29, 1.82) is 0 Å². The molecular weight excluding hydrogens is 286 g/mol. The molecule has 80 valence electrons. The average molecular weight is 294 g/mol. The molecule has 5 heteroatoms. The predicted molar refractivity (Wildman–Crippen MR) is 71.5 cm³/mol. The molecular formula is C11H8BrN3S. The first-order chi connectivity index (χ1) is 7.75. The lowest BCUT2D eigenvalue weighted by molar-refractivity contribution is 1.31. The van der Waals surface area contributed by atoms with Gasteiger partial charge < -0.3 is 10.7 Å². The molecule has 0 aliphatic heterocycles. The van der Waals surface area contributed by atoms with Crippen LogP contribution in [0.3, 0.4) is 0 Å². The second kappa shape index (κ2) is 3.61. The molecule has 3 aromatic rings. The Morgan fingerprint density at radius 2 is 2.12 bits per heavy atom. The highest BCUT2D eigenvalue weighted by atomic mass is 79.9. The molecule has 0 bridgehead atoms. The van der Waals surface area contributed by atoms with E-state index in [1.54, 1.807) is 11.3 Å². The van der Waals surface area contributed by atoms with Gasteiger partial charge in [0.05, 0.1) is 0 Å². The van der Waals surface area contributed by atoms with Crippen LogP contribution in [0.25, 0.3) is 21.3 Å². The third kappa shape index (κ3) is 1.44. The molecule has 3 rings (SSSR count). The van der Waals surface area contributed by atoms with Gasteiger partial charge in [-0.15, -0.1) is 11.3 Å². The van der Waals surface area contributed by atoms with Crippen LogP contribution < -0.4 is 5.73 Å². The molecule has 0 unspecified atom stereocenters. The Hall–Kier alpha value is -1.33. The number of fused-ring (bicyclic) bond motifs is 1. The SMILES string of the molecule is Nc1nc(-c2csc3ccccc23)c(Br)[nH]1. The van der Waals surface area contributed by atoms with Crippen LogP contribution in [-0.4, -0.2) is 9.97 Å². The van der Waals surface area contributed by atoms with Gasteiger partial charge >= 0.3 is 0 Å². The zero-order chi connectivity index (χ0) is 11.1. The molecule has 2 aromatic heterocycles. The Morgan fingerprint density at radius 3 is 2.88 bits per heavy atom. The number of rotatable bonds is 1. The number of H-pyrrole nitrogens is 1. The van der Waals surface area contributed by atoms with Crippen molar-refractivity contribution < 1.29 is 0 Å². The van der Waals surface area contributed by atoms with Gasteiger partial charge in [-0.2, -0.15) is 0 Å². The molecule has 3 nitrogen and oxygen atoms in total. The van der Waals surface area contributed by atoms with Crippen molar-refractivity contribution in [3.63, 3.8) is 0 Å². The molecule has 0 radical (unpaired) electrons. The second-order valence-corrected chi connectivity index (χ2v) is 5.13. The van der Waals surface area contributed by atoms with Crippen molar-refractivity contribution in [2.45, 2.75) is 0 Å². The third-order valence-corrected chi connectivity index (χ3v) is 3.95. The van der Waals surface area contributed by atoms with E-state index in [1.165, 1.54) is 10.1 Å². The molecule has 0 saturated carbocycles. The number of halogens is 1. The van der Waals surface area contributed by atoms with E-state index in [1.807, 2.05) is 12.1 Å². The lowest BCUT2D eigenvalue weighted by Gasteiger charge is -1.95. The maximum atomic E-state index is 5.64. The van der Waals surface area contributed by atoms with E-state index in [2.05, 4.69) is 43.4 Å². The minimum atomic E-state index is 0.428. The molecule has 3 N–H and O–H groups in total. The smallest absolute Gasteiger partial charge is 0.198 e. The van der Waals surface area contributed by atoms with Crippen molar-refractivity contribution in [3.05, 3.63) is 34.2 Å². The number of nitrogen functional groups attached to an aromatic ring is 1. The van der Waals surface area contributed by atoms with Gasteiger partial charge in [0.2, 0.25) is 0 Å². The summed E-state index contributed by atoms with van der Waals surface area (Å²) >= 11 is 5.14. The van der Waals surface area contributed by atoms with Crippen molar-refractivity contribution >= 4 is 43.3 Å². The molecule has 0 fully saturated rings. The summed E-state index contributed by atoms with van der Waals surface area (Å²) in [6.45, 7) is 0. The molecule has 0 spiro atoms. The predicted octanol–water partition coefficient (Wildman–Crippen LogP) is 3.64. The van der Waals surface area contributed by atoms with Crippen LogP contribution in [0, 0.1) is 0 Å². The second-order valence-electron chi connectivity index (χ2n) is 3.43. The van der Waals surface area contributed by atoms with E-state index >= 15 is 0 Å². The first kappa shape index (κ1) is 9.86. The van der Waals surface area contributed by atoms with Crippen LogP contribution in [0.2, 0.25) is 0 Å². The number of aromatic nitrogens is 2. The number of nitrogens with two attached hydrogens (primary N) is 1. The van der Waals surface area contributed by atoms with Crippen LogP contribution in [0.1, 0.15) is 0 Å². The zero-order valence-corrected chi connectivity index (χ0v) is 10.6. The Labute approximate surface area is 104 Å². The highest BCUT2D eigenvalue weighted by Crippen LogP contribution is 2.36. The number of anilines is 1. The summed E-state index contributed by atoms with van der Waals surface area (Å²) in [4.78, 5) is 7.23. The number of hydrogen-bond acceptors (Lipinski definition) is 3. The Morgan fingerprint density at radius 1 is 1.31 bits per heavy atom.